The molecule has 0 aromatic heterocycles. The first-order valence-corrected chi connectivity index (χ1v) is 6.71. The second kappa shape index (κ2) is 5.19. The zero-order valence-corrected chi connectivity index (χ0v) is 11.8. The van der Waals surface area contributed by atoms with Crippen LogP contribution in [0.25, 0.3) is 0 Å². The van der Waals surface area contributed by atoms with Gasteiger partial charge < -0.3 is 5.32 Å². The monoisotopic (exact) mass is 296 g/mol. The Bertz CT molecular complexity index is 445. The van der Waals surface area contributed by atoms with Gasteiger partial charge in [0.15, 0.2) is 0 Å². The van der Waals surface area contributed by atoms with Gasteiger partial charge in [-0.3, -0.25) is 9.69 Å². The number of likely N-dealkylation sites (N-methyl/N-ethyl adjacent to an activating group) is 1. The number of anilines is 1. The van der Waals surface area contributed by atoms with Crippen molar-refractivity contribution in [2.45, 2.75) is 26.8 Å². The van der Waals surface area contributed by atoms with Crippen LogP contribution in [-0.2, 0) is 17.8 Å². The lowest BCUT2D eigenvalue weighted by atomic mass is 9.97. The van der Waals surface area contributed by atoms with E-state index >= 15 is 0 Å². The van der Waals surface area contributed by atoms with Crippen molar-refractivity contribution in [1.82, 2.24) is 4.90 Å². The van der Waals surface area contributed by atoms with Crippen molar-refractivity contribution < 1.29 is 4.79 Å². The Morgan fingerprint density at radius 1 is 1.47 bits per heavy atom. The van der Waals surface area contributed by atoms with E-state index in [0.717, 1.165) is 36.2 Å². The number of hydrogen-bond donors (Lipinski definition) is 1. The summed E-state index contributed by atoms with van der Waals surface area (Å²) in [6, 6.07) is 4.00. The molecule has 92 valence electrons. The molecule has 0 radical (unpaired) electrons. The average Bonchev–Trinajstić information content (AvgIpc) is 2.32. The second-order valence-electron chi connectivity index (χ2n) is 4.35. The Morgan fingerprint density at radius 3 is 2.88 bits per heavy atom. The van der Waals surface area contributed by atoms with Gasteiger partial charge in [0.2, 0.25) is 5.91 Å². The summed E-state index contributed by atoms with van der Waals surface area (Å²) >= 11 is 3.60. The highest BCUT2D eigenvalue weighted by atomic mass is 79.9. The number of benzene rings is 1. The molecule has 1 aliphatic heterocycles. The summed E-state index contributed by atoms with van der Waals surface area (Å²) in [5.41, 5.74) is 3.55. The molecule has 0 bridgehead atoms. The Hall–Kier alpha value is -0.870. The Balaban J connectivity index is 2.37. The minimum Gasteiger partial charge on any atom is -0.326 e. The molecule has 0 saturated carbocycles. The van der Waals surface area contributed by atoms with Crippen molar-refractivity contribution in [2.75, 3.05) is 18.4 Å². The van der Waals surface area contributed by atoms with Crippen LogP contribution in [0.3, 0.4) is 0 Å². The fraction of sp³-hybridized carbons (Fsp3) is 0.462. The van der Waals surface area contributed by atoms with E-state index in [1.54, 1.807) is 6.92 Å². The number of nitrogens with one attached hydrogen (secondary N) is 1. The lowest BCUT2D eigenvalue weighted by Gasteiger charge is -2.29. The van der Waals surface area contributed by atoms with Crippen molar-refractivity contribution in [3.63, 3.8) is 0 Å². The van der Waals surface area contributed by atoms with Gasteiger partial charge >= 0.3 is 0 Å². The predicted molar refractivity (Wildman–Crippen MR) is 73.1 cm³/mol. The maximum absolute atomic E-state index is 11.2. The number of nitrogens with zero attached hydrogens (tertiary/aromatic N) is 1. The number of carbonyl (C=O) groups excluding carboxylic acids is 1. The van der Waals surface area contributed by atoms with Gasteiger partial charge in [-0.05, 0) is 36.2 Å². The first kappa shape index (κ1) is 12.6. The maximum atomic E-state index is 11.2. The van der Waals surface area contributed by atoms with Crippen molar-refractivity contribution in [2.24, 2.45) is 0 Å². The van der Waals surface area contributed by atoms with Crippen molar-refractivity contribution in [3.05, 3.63) is 27.7 Å². The van der Waals surface area contributed by atoms with Crippen LogP contribution in [0, 0.1) is 0 Å². The predicted octanol–water partition coefficient (Wildman–Crippen LogP) is 2.79. The number of carbonyl (C=O) groups is 1. The summed E-state index contributed by atoms with van der Waals surface area (Å²) in [6.07, 6.45) is 0.998. The third-order valence-electron chi connectivity index (χ3n) is 3.19. The molecule has 1 aliphatic rings. The molecule has 17 heavy (non-hydrogen) atoms. The van der Waals surface area contributed by atoms with E-state index in [0.29, 0.717) is 0 Å². The van der Waals surface area contributed by atoms with Gasteiger partial charge in [-0.25, -0.2) is 0 Å². The summed E-state index contributed by atoms with van der Waals surface area (Å²) in [5.74, 6) is -0.00700. The van der Waals surface area contributed by atoms with Gasteiger partial charge in [-0.2, -0.15) is 0 Å². The maximum Gasteiger partial charge on any atom is 0.221 e. The smallest absolute Gasteiger partial charge is 0.221 e. The molecule has 1 amide bonds. The number of rotatable bonds is 2. The van der Waals surface area contributed by atoms with E-state index in [-0.39, 0.29) is 5.91 Å². The van der Waals surface area contributed by atoms with Crippen molar-refractivity contribution in [3.8, 4) is 0 Å². The Morgan fingerprint density at radius 2 is 2.24 bits per heavy atom. The summed E-state index contributed by atoms with van der Waals surface area (Å²) in [5, 5.41) is 2.91. The van der Waals surface area contributed by atoms with Gasteiger partial charge in [0, 0.05) is 30.2 Å². The van der Waals surface area contributed by atoms with E-state index in [2.05, 4.69) is 33.1 Å². The summed E-state index contributed by atoms with van der Waals surface area (Å²) in [7, 11) is 0. The van der Waals surface area contributed by atoms with Gasteiger partial charge in [0.1, 0.15) is 0 Å². The third kappa shape index (κ3) is 2.69. The van der Waals surface area contributed by atoms with E-state index in [1.807, 2.05) is 12.1 Å². The molecular formula is C13H17BrN2O. The van der Waals surface area contributed by atoms with Crippen LogP contribution in [0.1, 0.15) is 25.0 Å². The number of halogens is 1. The van der Waals surface area contributed by atoms with Crippen LogP contribution in [0.15, 0.2) is 16.6 Å². The number of fused-ring (bicyclic) bond motifs is 1. The summed E-state index contributed by atoms with van der Waals surface area (Å²) in [6.45, 7) is 6.81. The summed E-state index contributed by atoms with van der Waals surface area (Å²) in [4.78, 5) is 13.6. The first-order valence-electron chi connectivity index (χ1n) is 5.92. The minimum absolute atomic E-state index is 0.00700. The lowest BCUT2D eigenvalue weighted by Crippen LogP contribution is -2.31. The standard InChI is InChI=1S/C13H17BrN2O/c1-3-16-7-6-10-11(8-16)12(14)4-5-13(10)15-9(2)17/h4-5H,3,6-8H2,1-2H3,(H,15,17). The fourth-order valence-electron chi connectivity index (χ4n) is 2.27. The van der Waals surface area contributed by atoms with Crippen LogP contribution in [0.5, 0.6) is 0 Å². The molecular weight excluding hydrogens is 280 g/mol. The third-order valence-corrected chi connectivity index (χ3v) is 3.93. The molecule has 0 aliphatic carbocycles. The second-order valence-corrected chi connectivity index (χ2v) is 5.21. The molecule has 0 atom stereocenters. The van der Waals surface area contributed by atoms with Gasteiger partial charge in [-0.15, -0.1) is 0 Å². The first-order chi connectivity index (χ1) is 8.11. The van der Waals surface area contributed by atoms with Gasteiger partial charge in [0.25, 0.3) is 0 Å². The van der Waals surface area contributed by atoms with Crippen molar-refractivity contribution in [1.29, 1.82) is 0 Å². The highest BCUT2D eigenvalue weighted by molar-refractivity contribution is 9.10. The molecule has 2 rings (SSSR count). The highest BCUT2D eigenvalue weighted by Gasteiger charge is 2.20. The van der Waals surface area contributed by atoms with Crippen LogP contribution >= 0.6 is 15.9 Å². The average molecular weight is 297 g/mol. The van der Waals surface area contributed by atoms with Crippen molar-refractivity contribution >= 4 is 27.5 Å². The van der Waals surface area contributed by atoms with E-state index in [1.165, 1.54) is 11.1 Å². The van der Waals surface area contributed by atoms with Crippen LogP contribution in [-0.4, -0.2) is 23.9 Å². The number of hydrogen-bond acceptors (Lipinski definition) is 2. The van der Waals surface area contributed by atoms with E-state index in [4.69, 9.17) is 0 Å². The lowest BCUT2D eigenvalue weighted by molar-refractivity contribution is -0.114. The molecule has 4 heteroatoms. The molecule has 1 aromatic rings. The summed E-state index contributed by atoms with van der Waals surface area (Å²) < 4.78 is 1.14. The molecule has 1 heterocycles. The SMILES string of the molecule is CCN1CCc2c(NC(C)=O)ccc(Br)c2C1. The number of amides is 1. The Kier molecular flexibility index (Phi) is 3.84. The molecule has 0 fully saturated rings. The largest absolute Gasteiger partial charge is 0.326 e. The molecule has 1 N–H and O–H groups in total. The van der Waals surface area contributed by atoms with Crippen LogP contribution in [0.4, 0.5) is 5.69 Å². The molecule has 1 aromatic carbocycles. The quantitative estimate of drug-likeness (QED) is 0.910. The molecule has 0 saturated heterocycles. The minimum atomic E-state index is -0.00700. The zero-order chi connectivity index (χ0) is 12.4. The molecule has 0 unspecified atom stereocenters. The van der Waals surface area contributed by atoms with Gasteiger partial charge in [0.05, 0.1) is 0 Å². The van der Waals surface area contributed by atoms with E-state index < -0.39 is 0 Å². The van der Waals surface area contributed by atoms with Crippen LogP contribution < -0.4 is 5.32 Å². The van der Waals surface area contributed by atoms with E-state index in [9.17, 15) is 4.79 Å². The molecule has 3 nitrogen and oxygen atoms in total. The molecule has 0 spiro atoms. The van der Waals surface area contributed by atoms with Gasteiger partial charge in [-0.1, -0.05) is 22.9 Å². The highest BCUT2D eigenvalue weighted by Crippen LogP contribution is 2.32. The van der Waals surface area contributed by atoms with Crippen LogP contribution in [0.2, 0.25) is 0 Å². The normalized spacial score (nSPS) is 15.5. The zero-order valence-electron chi connectivity index (χ0n) is 10.2. The topological polar surface area (TPSA) is 32.3 Å². The fourth-order valence-corrected chi connectivity index (χ4v) is 2.77. The Labute approximate surface area is 110 Å².